The van der Waals surface area contributed by atoms with Gasteiger partial charge in [0.1, 0.15) is 0 Å². The normalized spacial score (nSPS) is 33.5. The summed E-state index contributed by atoms with van der Waals surface area (Å²) in [6, 6.07) is 0. The Balaban J connectivity index is 2.62. The standard InChI is InChI=1S/C8H13F3O/c1-6(2)3-7(6,5-12)4-8(9,10)11/h12H,3-5H2,1-2H3. The van der Waals surface area contributed by atoms with E-state index in [0.717, 1.165) is 0 Å². The van der Waals surface area contributed by atoms with Crippen molar-refractivity contribution in [1.82, 2.24) is 0 Å². The Morgan fingerprint density at radius 2 is 1.75 bits per heavy atom. The molecule has 12 heavy (non-hydrogen) atoms. The number of alkyl halides is 3. The van der Waals surface area contributed by atoms with Gasteiger partial charge < -0.3 is 5.11 Å². The minimum Gasteiger partial charge on any atom is -0.396 e. The first-order valence-corrected chi connectivity index (χ1v) is 3.90. The van der Waals surface area contributed by atoms with Gasteiger partial charge in [0.25, 0.3) is 0 Å². The number of hydrogen-bond donors (Lipinski definition) is 1. The minimum absolute atomic E-state index is 0.350. The molecule has 0 aromatic rings. The van der Waals surface area contributed by atoms with Crippen LogP contribution in [-0.4, -0.2) is 17.9 Å². The van der Waals surface area contributed by atoms with E-state index in [4.69, 9.17) is 5.11 Å². The molecular weight excluding hydrogens is 169 g/mol. The Morgan fingerprint density at radius 3 is 1.83 bits per heavy atom. The van der Waals surface area contributed by atoms with Gasteiger partial charge in [0, 0.05) is 12.0 Å². The van der Waals surface area contributed by atoms with Gasteiger partial charge in [0.05, 0.1) is 6.42 Å². The van der Waals surface area contributed by atoms with Gasteiger partial charge in [-0.1, -0.05) is 13.8 Å². The SMILES string of the molecule is CC1(C)CC1(CO)CC(F)(F)F. The summed E-state index contributed by atoms with van der Waals surface area (Å²) in [6.45, 7) is 3.16. The largest absolute Gasteiger partial charge is 0.396 e. The van der Waals surface area contributed by atoms with E-state index in [1.807, 2.05) is 0 Å². The molecule has 0 aromatic carbocycles. The molecule has 1 nitrogen and oxygen atoms in total. The Morgan fingerprint density at radius 1 is 1.33 bits per heavy atom. The third kappa shape index (κ3) is 1.58. The van der Waals surface area contributed by atoms with Gasteiger partial charge in [0.2, 0.25) is 0 Å². The molecule has 0 heterocycles. The molecule has 4 heteroatoms. The second-order valence-electron chi connectivity index (χ2n) is 4.29. The lowest BCUT2D eigenvalue weighted by atomic mass is 9.93. The van der Waals surface area contributed by atoms with Gasteiger partial charge in [0.15, 0.2) is 0 Å². The van der Waals surface area contributed by atoms with Crippen molar-refractivity contribution in [2.45, 2.75) is 32.9 Å². The fourth-order valence-electron chi connectivity index (χ4n) is 1.81. The van der Waals surface area contributed by atoms with Crippen molar-refractivity contribution in [3.63, 3.8) is 0 Å². The topological polar surface area (TPSA) is 20.2 Å². The third-order valence-electron chi connectivity index (χ3n) is 2.93. The molecule has 1 aliphatic rings. The van der Waals surface area contributed by atoms with Crippen LogP contribution in [0.15, 0.2) is 0 Å². The van der Waals surface area contributed by atoms with E-state index in [-0.39, 0.29) is 12.0 Å². The summed E-state index contributed by atoms with van der Waals surface area (Å²) in [5.41, 5.74) is -1.25. The Bertz CT molecular complexity index is 185. The van der Waals surface area contributed by atoms with Crippen LogP contribution in [0.4, 0.5) is 13.2 Å². The molecule has 1 rings (SSSR count). The van der Waals surface area contributed by atoms with Crippen LogP contribution in [0.2, 0.25) is 0 Å². The fourth-order valence-corrected chi connectivity index (χ4v) is 1.81. The smallest absolute Gasteiger partial charge is 0.389 e. The molecule has 0 saturated heterocycles. The predicted octanol–water partition coefficient (Wildman–Crippen LogP) is 2.35. The van der Waals surface area contributed by atoms with Crippen molar-refractivity contribution in [3.05, 3.63) is 0 Å². The highest BCUT2D eigenvalue weighted by Crippen LogP contribution is 2.67. The number of aliphatic hydroxyl groups excluding tert-OH is 1. The van der Waals surface area contributed by atoms with E-state index >= 15 is 0 Å². The predicted molar refractivity (Wildman–Crippen MR) is 38.6 cm³/mol. The van der Waals surface area contributed by atoms with E-state index in [1.165, 1.54) is 0 Å². The summed E-state index contributed by atoms with van der Waals surface area (Å²) in [5.74, 6) is 0. The van der Waals surface area contributed by atoms with Crippen LogP contribution in [0, 0.1) is 10.8 Å². The van der Waals surface area contributed by atoms with E-state index in [0.29, 0.717) is 6.42 Å². The molecule has 0 aromatic heterocycles. The molecule has 1 unspecified atom stereocenters. The summed E-state index contributed by atoms with van der Waals surface area (Å²) >= 11 is 0. The molecule has 0 amide bonds. The molecule has 1 saturated carbocycles. The van der Waals surface area contributed by atoms with Crippen molar-refractivity contribution >= 4 is 0 Å². The minimum atomic E-state index is -4.16. The maximum absolute atomic E-state index is 12.0. The second kappa shape index (κ2) is 2.37. The number of aliphatic hydroxyl groups is 1. The summed E-state index contributed by atoms with van der Waals surface area (Å²) in [7, 11) is 0. The number of rotatable bonds is 2. The van der Waals surface area contributed by atoms with Gasteiger partial charge in [-0.2, -0.15) is 13.2 Å². The Hall–Kier alpha value is -0.250. The maximum atomic E-state index is 12.0. The van der Waals surface area contributed by atoms with Crippen molar-refractivity contribution < 1.29 is 18.3 Å². The average Bonchev–Trinajstić information content (AvgIpc) is 2.30. The summed E-state index contributed by atoms with van der Waals surface area (Å²) in [6.07, 6.45) is -4.55. The highest BCUT2D eigenvalue weighted by molar-refractivity contribution is 5.09. The highest BCUT2D eigenvalue weighted by Gasteiger charge is 2.64. The monoisotopic (exact) mass is 182 g/mol. The van der Waals surface area contributed by atoms with Gasteiger partial charge in [-0.15, -0.1) is 0 Å². The lowest BCUT2D eigenvalue weighted by Crippen LogP contribution is -2.23. The van der Waals surface area contributed by atoms with E-state index in [1.54, 1.807) is 13.8 Å². The van der Waals surface area contributed by atoms with Crippen molar-refractivity contribution in [2.24, 2.45) is 10.8 Å². The first kappa shape index (κ1) is 9.84. The molecule has 0 bridgehead atoms. The van der Waals surface area contributed by atoms with Crippen LogP contribution in [0.3, 0.4) is 0 Å². The van der Waals surface area contributed by atoms with Crippen LogP contribution in [0.1, 0.15) is 26.7 Å². The van der Waals surface area contributed by atoms with Gasteiger partial charge in [-0.25, -0.2) is 0 Å². The van der Waals surface area contributed by atoms with Crippen LogP contribution in [0.5, 0.6) is 0 Å². The molecule has 1 fully saturated rings. The Kier molecular flexibility index (Phi) is 1.95. The van der Waals surface area contributed by atoms with Crippen molar-refractivity contribution in [3.8, 4) is 0 Å². The number of halogens is 3. The third-order valence-corrected chi connectivity index (χ3v) is 2.93. The molecule has 1 atom stereocenters. The lowest BCUT2D eigenvalue weighted by molar-refractivity contribution is -0.154. The quantitative estimate of drug-likeness (QED) is 0.695. The van der Waals surface area contributed by atoms with Crippen LogP contribution >= 0.6 is 0 Å². The lowest BCUT2D eigenvalue weighted by Gasteiger charge is -2.19. The fraction of sp³-hybridized carbons (Fsp3) is 1.00. The molecule has 72 valence electrons. The summed E-state index contributed by atoms with van der Waals surface area (Å²) in [5, 5.41) is 8.86. The molecule has 1 N–H and O–H groups in total. The van der Waals surface area contributed by atoms with Gasteiger partial charge in [-0.05, 0) is 11.8 Å². The Labute approximate surface area is 69.6 Å². The van der Waals surface area contributed by atoms with Crippen LogP contribution in [0.25, 0.3) is 0 Å². The number of hydrogen-bond acceptors (Lipinski definition) is 1. The zero-order valence-corrected chi connectivity index (χ0v) is 7.20. The van der Waals surface area contributed by atoms with Crippen LogP contribution in [-0.2, 0) is 0 Å². The van der Waals surface area contributed by atoms with E-state index in [2.05, 4.69) is 0 Å². The van der Waals surface area contributed by atoms with Crippen molar-refractivity contribution in [1.29, 1.82) is 0 Å². The average molecular weight is 182 g/mol. The molecular formula is C8H13F3O. The zero-order chi connectivity index (χ0) is 9.62. The second-order valence-corrected chi connectivity index (χ2v) is 4.29. The molecule has 0 spiro atoms. The van der Waals surface area contributed by atoms with Crippen LogP contribution < -0.4 is 0 Å². The maximum Gasteiger partial charge on any atom is 0.389 e. The van der Waals surface area contributed by atoms with Gasteiger partial charge in [-0.3, -0.25) is 0 Å². The van der Waals surface area contributed by atoms with Gasteiger partial charge >= 0.3 is 6.18 Å². The van der Waals surface area contributed by atoms with E-state index < -0.39 is 18.0 Å². The molecule has 0 radical (unpaired) electrons. The molecule has 0 aliphatic heterocycles. The summed E-state index contributed by atoms with van der Waals surface area (Å²) < 4.78 is 36.0. The molecule has 1 aliphatic carbocycles. The first-order valence-electron chi connectivity index (χ1n) is 3.90. The summed E-state index contributed by atoms with van der Waals surface area (Å²) in [4.78, 5) is 0. The van der Waals surface area contributed by atoms with Crippen molar-refractivity contribution in [2.75, 3.05) is 6.61 Å². The first-order chi connectivity index (χ1) is 5.22. The highest BCUT2D eigenvalue weighted by atomic mass is 19.4. The van der Waals surface area contributed by atoms with E-state index in [9.17, 15) is 13.2 Å². The zero-order valence-electron chi connectivity index (χ0n) is 7.20.